The van der Waals surface area contributed by atoms with Gasteiger partial charge in [-0.25, -0.2) is 50.3 Å². The summed E-state index contributed by atoms with van der Waals surface area (Å²) in [4.78, 5) is 118. The van der Waals surface area contributed by atoms with Crippen LogP contribution in [0.1, 0.15) is 201 Å². The fourth-order valence-electron chi connectivity index (χ4n) is 9.67. The molecule has 0 saturated carbocycles. The third-order valence-electron chi connectivity index (χ3n) is 20.6. The number of anilines is 2. The molecule has 0 heterocycles. The van der Waals surface area contributed by atoms with Crippen LogP contribution in [-0.2, 0) is 78.2 Å². The Kier molecular flexibility index (Phi) is 48.8. The molecule has 0 aromatic heterocycles. The monoisotopic (exact) mass is 2010 g/mol. The number of amides is 3. The lowest BCUT2D eigenvalue weighted by Crippen LogP contribution is -2.35. The van der Waals surface area contributed by atoms with E-state index in [9.17, 15) is 127 Å². The lowest BCUT2D eigenvalue weighted by atomic mass is 9.89. The van der Waals surface area contributed by atoms with Crippen LogP contribution < -0.4 is 49.1 Å². The van der Waals surface area contributed by atoms with Gasteiger partial charge in [0.2, 0.25) is 17.7 Å². The van der Waals surface area contributed by atoms with Gasteiger partial charge in [-0.15, -0.1) is 0 Å². The fraction of sp³-hybridized carbons (Fsp3) is 0.542. The van der Waals surface area contributed by atoms with Crippen molar-refractivity contribution in [2.24, 2.45) is 27.1 Å². The van der Waals surface area contributed by atoms with E-state index >= 15 is 0 Å². The molecule has 0 aliphatic carbocycles. The lowest BCUT2D eigenvalue weighted by molar-refractivity contribution is -0.217. The van der Waals surface area contributed by atoms with E-state index in [1.54, 1.807) is 64.1 Å². The number of halogens is 18. The number of nitrogens with one attached hydrogen (secondary N) is 3. The van der Waals surface area contributed by atoms with Gasteiger partial charge in [-0.2, -0.15) is 52.7 Å². The van der Waals surface area contributed by atoms with Gasteiger partial charge in [0.1, 0.15) is 53.1 Å². The van der Waals surface area contributed by atoms with Gasteiger partial charge < -0.3 is 72.8 Å². The van der Waals surface area contributed by atoms with Crippen molar-refractivity contribution in [2.45, 2.75) is 256 Å². The normalized spacial score (nSPS) is 12.5. The number of rotatable bonds is 45. The number of benzene rings is 6. The van der Waals surface area contributed by atoms with Crippen LogP contribution in [0.15, 0.2) is 133 Å². The van der Waals surface area contributed by atoms with Crippen molar-refractivity contribution in [2.75, 3.05) is 63.5 Å². The van der Waals surface area contributed by atoms with E-state index in [1.807, 2.05) is 100 Å². The number of carbonyl (C=O) groups excluding carboxylic acids is 10. The van der Waals surface area contributed by atoms with Crippen molar-refractivity contribution in [1.82, 2.24) is 5.32 Å². The molecule has 6 aromatic rings. The summed E-state index contributed by atoms with van der Waals surface area (Å²) in [6.07, 6.45) is -27.5. The summed E-state index contributed by atoms with van der Waals surface area (Å²) in [5, 5.41) is 10.3. The third-order valence-corrected chi connectivity index (χ3v) is 20.6. The molecule has 3 amide bonds. The highest BCUT2D eigenvalue weighted by atomic mass is 19.4. The standard InChI is InChI=1S/C22H27F2NO4.C20H26F5NO4.C20H25F5O5.C17H22F3NO4.C17H21F3O5/c1-5-21(2,3)20(27)25-12-15-6-7-17-11-18(9-8-16(17)10-15)28-13-19(26)29-14-22(4,23)24;1-4-18(2,3)17(28)26-14-6-8-15(9-7-14)30-12-16(27)29-11-5-10-19(21,22)13-20(23,24)25;1-4-18(2,3)17(27)30-15-8-6-14(7-9-15)29-12-16(26)28-11-5-10-19(21,22)13-20(23,24)25;1-5-16(3,4)15(23)21-12-6-8-13(9-7-12)24-10-14(22)25-11(2)17(18,19)20;1-5-16(3,4)15(22)25-13-8-6-12(7-9-13)23-10-14(21)24-11(2)17(18,19)20/h6-11H,5,12-14H2,1-4H3,(H,25,27);6-9H,4-5,10-13H2,1-3H3,(H,26,28);6-9H,4-5,10-13H2,1-3H3;6-9,11H,5,10H2,1-4H3,(H,21,23);6-9,11H,5,10H2,1-4H3. The average Bonchev–Trinajstić information content (AvgIpc) is 0.816. The number of ether oxygens (including phenoxy) is 12. The van der Waals surface area contributed by atoms with Crippen molar-refractivity contribution >= 4 is 81.7 Å². The minimum Gasteiger partial charge on any atom is -0.482 e. The molecule has 139 heavy (non-hydrogen) atoms. The summed E-state index contributed by atoms with van der Waals surface area (Å²) in [6, 6.07) is 35.1. The molecule has 0 saturated heterocycles. The van der Waals surface area contributed by atoms with Gasteiger partial charge in [-0.05, 0) is 218 Å². The molecule has 0 aliphatic rings. The SMILES string of the molecule is CCC(C)(C)C(=O)NCc1ccc2cc(OCC(=O)OCC(C)(F)F)ccc2c1.CCC(C)(C)C(=O)Nc1ccc(OCC(=O)OC(C)C(F)(F)F)cc1.CCC(C)(C)C(=O)Nc1ccc(OCC(=O)OCCCC(F)(F)CC(F)(F)F)cc1.CCC(C)(C)C(=O)Oc1ccc(OCC(=O)OC(C)C(F)(F)F)cc1.CCC(C)(C)C(=O)Oc1ccc(OCC(=O)OCCCC(F)(F)CC(F)(F)F)cc1. The number of hydrogen-bond donors (Lipinski definition) is 3. The first-order chi connectivity index (χ1) is 63.9. The van der Waals surface area contributed by atoms with Crippen LogP contribution in [0, 0.1) is 27.1 Å². The van der Waals surface area contributed by atoms with E-state index in [0.717, 1.165) is 36.6 Å². The van der Waals surface area contributed by atoms with Gasteiger partial charge in [0, 0.05) is 53.9 Å². The predicted octanol–water partition coefficient (Wildman–Crippen LogP) is 23.0. The highest BCUT2D eigenvalue weighted by molar-refractivity contribution is 5.95. The van der Waals surface area contributed by atoms with Crippen LogP contribution >= 0.6 is 0 Å². The number of alkyl halides is 18. The van der Waals surface area contributed by atoms with Crippen molar-refractivity contribution < 1.29 is 184 Å². The summed E-state index contributed by atoms with van der Waals surface area (Å²) in [5.74, 6) is -14.6. The topological polar surface area (TPSA) is 318 Å². The predicted molar refractivity (Wildman–Crippen MR) is 474 cm³/mol. The van der Waals surface area contributed by atoms with E-state index in [1.165, 1.54) is 72.8 Å². The van der Waals surface area contributed by atoms with Crippen LogP contribution in [0.5, 0.6) is 40.2 Å². The van der Waals surface area contributed by atoms with Gasteiger partial charge in [0.15, 0.2) is 51.8 Å². The van der Waals surface area contributed by atoms with Crippen LogP contribution in [0.2, 0.25) is 0 Å². The largest absolute Gasteiger partial charge is 0.482 e. The summed E-state index contributed by atoms with van der Waals surface area (Å²) >= 11 is 0. The Morgan fingerprint density at radius 1 is 0.324 bits per heavy atom. The maximum absolute atomic E-state index is 13.1. The average molecular weight is 2010 g/mol. The quantitative estimate of drug-likeness (QED) is 0.0105. The van der Waals surface area contributed by atoms with Crippen molar-refractivity contribution in [1.29, 1.82) is 0 Å². The van der Waals surface area contributed by atoms with E-state index in [-0.39, 0.29) is 46.9 Å². The fourth-order valence-corrected chi connectivity index (χ4v) is 9.67. The maximum Gasteiger partial charge on any atom is 0.425 e. The van der Waals surface area contributed by atoms with E-state index in [2.05, 4.69) is 39.6 Å². The molecule has 6 rings (SSSR count). The van der Waals surface area contributed by atoms with Crippen molar-refractivity contribution in [3.63, 3.8) is 0 Å². The minimum atomic E-state index is -4.96. The van der Waals surface area contributed by atoms with Gasteiger partial charge in [-0.1, -0.05) is 94.4 Å². The molecule has 0 spiro atoms. The highest BCUT2D eigenvalue weighted by Crippen LogP contribution is 2.38. The first-order valence-corrected chi connectivity index (χ1v) is 43.6. The van der Waals surface area contributed by atoms with Gasteiger partial charge in [-0.3, -0.25) is 24.0 Å². The molecule has 2 atom stereocenters. The first-order valence-electron chi connectivity index (χ1n) is 43.6. The number of esters is 7. The Bertz CT molecular complexity index is 4640. The minimum absolute atomic E-state index is 0.0107. The molecule has 2 unspecified atom stereocenters. The Balaban J connectivity index is 0.000000589. The zero-order valence-corrected chi connectivity index (χ0v) is 80.3. The molecular weight excluding hydrogens is 1890 g/mol. The van der Waals surface area contributed by atoms with E-state index in [0.29, 0.717) is 73.5 Å². The molecular formula is C96H121F18N3O22. The second-order valence-corrected chi connectivity index (χ2v) is 34.9. The molecule has 778 valence electrons. The van der Waals surface area contributed by atoms with Crippen molar-refractivity contribution in [3.05, 3.63) is 139 Å². The molecule has 3 N–H and O–H groups in total. The van der Waals surface area contributed by atoms with E-state index in [4.69, 9.17) is 33.2 Å². The molecule has 0 fully saturated rings. The first kappa shape index (κ1) is 123. The maximum atomic E-state index is 13.1. The Labute approximate surface area is 794 Å². The number of carbonyl (C=O) groups is 10. The van der Waals surface area contributed by atoms with Crippen LogP contribution in [-0.4, -0.2) is 167 Å². The molecule has 0 radical (unpaired) electrons. The molecule has 25 nitrogen and oxygen atoms in total. The second-order valence-electron chi connectivity index (χ2n) is 34.9. The number of hydrogen-bond acceptors (Lipinski definition) is 22. The molecule has 6 aromatic carbocycles. The summed E-state index contributed by atoms with van der Waals surface area (Å²) in [6.45, 7) is 25.7. The second kappa shape index (κ2) is 55.1. The molecule has 43 heteroatoms. The van der Waals surface area contributed by atoms with E-state index < -0.39 is 203 Å². The Morgan fingerprint density at radius 3 is 0.921 bits per heavy atom. The zero-order valence-electron chi connectivity index (χ0n) is 80.3. The van der Waals surface area contributed by atoms with Crippen molar-refractivity contribution in [3.8, 4) is 40.2 Å². The molecule has 0 aliphatic heterocycles. The lowest BCUT2D eigenvalue weighted by Gasteiger charge is -2.21. The summed E-state index contributed by atoms with van der Waals surface area (Å²) in [5.41, 5.74) is -0.607. The molecule has 0 bridgehead atoms. The number of fused-ring (bicyclic) bond motifs is 1. The Morgan fingerprint density at radius 2 is 0.604 bits per heavy atom. The Hall–Kier alpha value is -12.0. The van der Waals surface area contributed by atoms with Crippen LogP contribution in [0.4, 0.5) is 90.4 Å². The summed E-state index contributed by atoms with van der Waals surface area (Å²) in [7, 11) is 0. The van der Waals surface area contributed by atoms with Crippen LogP contribution in [0.25, 0.3) is 10.8 Å². The zero-order chi connectivity index (χ0) is 106. The van der Waals surface area contributed by atoms with Crippen LogP contribution in [0.3, 0.4) is 0 Å². The third kappa shape index (κ3) is 51.0. The smallest absolute Gasteiger partial charge is 0.425 e. The van der Waals surface area contributed by atoms with Gasteiger partial charge in [0.25, 0.3) is 17.8 Å². The summed E-state index contributed by atoms with van der Waals surface area (Å²) < 4.78 is 282. The highest BCUT2D eigenvalue weighted by Gasteiger charge is 2.45. The van der Waals surface area contributed by atoms with Gasteiger partial charge >= 0.3 is 66.5 Å². The van der Waals surface area contributed by atoms with Gasteiger partial charge in [0.05, 0.1) is 24.0 Å².